The third-order valence-corrected chi connectivity index (χ3v) is 6.25. The number of carboxylic acid groups (broad SMARTS) is 1. The van der Waals surface area contributed by atoms with Crippen LogP contribution in [0.1, 0.15) is 41.1 Å². The third kappa shape index (κ3) is 5.39. The van der Waals surface area contributed by atoms with Crippen LogP contribution in [0.25, 0.3) is 0 Å². The molecule has 7 heteroatoms. The molecule has 176 valence electrons. The van der Waals surface area contributed by atoms with Crippen molar-refractivity contribution in [2.45, 2.75) is 31.7 Å². The molecule has 3 aromatic rings. The summed E-state index contributed by atoms with van der Waals surface area (Å²) in [5.41, 5.74) is 3.31. The summed E-state index contributed by atoms with van der Waals surface area (Å²) in [4.78, 5) is 26.3. The van der Waals surface area contributed by atoms with Gasteiger partial charge in [-0.15, -0.1) is 0 Å². The van der Waals surface area contributed by atoms with Gasteiger partial charge in [-0.05, 0) is 60.2 Å². The van der Waals surface area contributed by atoms with Crippen molar-refractivity contribution in [1.29, 1.82) is 0 Å². The fourth-order valence-corrected chi connectivity index (χ4v) is 4.63. The van der Waals surface area contributed by atoms with Gasteiger partial charge in [0.1, 0.15) is 11.6 Å². The van der Waals surface area contributed by atoms with E-state index >= 15 is 0 Å². The fraction of sp³-hybridized carbons (Fsp3) is 0.259. The van der Waals surface area contributed by atoms with Crippen LogP contribution in [0.4, 0.5) is 4.39 Å². The Kier molecular flexibility index (Phi) is 7.48. The van der Waals surface area contributed by atoms with Crippen LogP contribution in [-0.2, 0) is 22.4 Å². The van der Waals surface area contributed by atoms with E-state index in [9.17, 15) is 14.0 Å². The van der Waals surface area contributed by atoms with Crippen molar-refractivity contribution in [3.63, 3.8) is 0 Å². The lowest BCUT2D eigenvalue weighted by Crippen LogP contribution is -2.40. The number of carboxylic acids is 1. The average molecular weight is 482 g/mol. The van der Waals surface area contributed by atoms with E-state index in [0.717, 1.165) is 11.1 Å². The van der Waals surface area contributed by atoms with Gasteiger partial charge in [0.15, 0.2) is 6.61 Å². The number of benzene rings is 3. The lowest BCUT2D eigenvalue weighted by Gasteiger charge is -2.38. The number of ether oxygens (including phenoxy) is 1. The van der Waals surface area contributed by atoms with Gasteiger partial charge in [-0.25, -0.2) is 9.18 Å². The van der Waals surface area contributed by atoms with Crippen LogP contribution in [0.3, 0.4) is 0 Å². The molecule has 1 atom stereocenters. The van der Waals surface area contributed by atoms with Crippen molar-refractivity contribution >= 4 is 23.5 Å². The SMILES string of the molecule is O=C(O)COc1ccc(Cl)cc1C1c2ccccc2CCN1C(=O)CCCc1ccccc1F. The first-order valence-electron chi connectivity index (χ1n) is 11.2. The smallest absolute Gasteiger partial charge is 0.341 e. The molecule has 0 aliphatic carbocycles. The number of halogens is 2. The summed E-state index contributed by atoms with van der Waals surface area (Å²) in [5, 5.41) is 9.56. The molecule has 1 unspecified atom stereocenters. The van der Waals surface area contributed by atoms with E-state index in [1.807, 2.05) is 24.3 Å². The number of hydrogen-bond donors (Lipinski definition) is 1. The number of carbonyl (C=O) groups is 2. The van der Waals surface area contributed by atoms with E-state index in [2.05, 4.69) is 0 Å². The number of fused-ring (bicyclic) bond motifs is 1. The van der Waals surface area contributed by atoms with Gasteiger partial charge in [0.05, 0.1) is 6.04 Å². The minimum absolute atomic E-state index is 0.0556. The third-order valence-electron chi connectivity index (χ3n) is 6.02. The lowest BCUT2D eigenvalue weighted by molar-refractivity contribution is -0.139. The maximum absolute atomic E-state index is 14.0. The standard InChI is InChI=1S/C27H25ClFNO4/c28-20-12-13-24(34-17-26(32)33)22(16-20)27-21-9-3-1-6-18(21)14-15-30(27)25(31)11-5-8-19-7-2-4-10-23(19)29/h1-4,6-7,9-10,12-13,16,27H,5,8,11,14-15,17H2,(H,32,33). The Morgan fingerprint density at radius 1 is 1.06 bits per heavy atom. The molecule has 1 heterocycles. The second-order valence-corrected chi connectivity index (χ2v) is 8.68. The van der Waals surface area contributed by atoms with Crippen molar-refractivity contribution in [2.24, 2.45) is 0 Å². The van der Waals surface area contributed by atoms with Gasteiger partial charge in [-0.1, -0.05) is 54.1 Å². The van der Waals surface area contributed by atoms with Crippen LogP contribution >= 0.6 is 11.6 Å². The molecule has 1 aliphatic heterocycles. The number of aryl methyl sites for hydroxylation is 1. The Morgan fingerprint density at radius 3 is 2.62 bits per heavy atom. The zero-order valence-electron chi connectivity index (χ0n) is 18.5. The summed E-state index contributed by atoms with van der Waals surface area (Å²) in [6, 6.07) is 19.0. The molecule has 0 saturated heterocycles. The Bertz CT molecular complexity index is 1200. The maximum atomic E-state index is 14.0. The van der Waals surface area contributed by atoms with Gasteiger partial charge in [0.25, 0.3) is 0 Å². The highest BCUT2D eigenvalue weighted by molar-refractivity contribution is 6.30. The maximum Gasteiger partial charge on any atom is 0.341 e. The van der Waals surface area contributed by atoms with E-state index in [4.69, 9.17) is 21.4 Å². The molecule has 3 aromatic carbocycles. The first kappa shape index (κ1) is 23.8. The molecule has 0 saturated carbocycles. The lowest BCUT2D eigenvalue weighted by atomic mass is 9.87. The zero-order chi connectivity index (χ0) is 24.1. The number of aliphatic carboxylic acids is 1. The van der Waals surface area contributed by atoms with Crippen molar-refractivity contribution in [1.82, 2.24) is 4.90 Å². The second-order valence-electron chi connectivity index (χ2n) is 8.25. The Morgan fingerprint density at radius 2 is 1.82 bits per heavy atom. The average Bonchev–Trinajstić information content (AvgIpc) is 2.83. The summed E-state index contributed by atoms with van der Waals surface area (Å²) in [6.45, 7) is 0.00464. The van der Waals surface area contributed by atoms with E-state index in [0.29, 0.717) is 47.7 Å². The molecular weight excluding hydrogens is 457 g/mol. The summed E-state index contributed by atoms with van der Waals surface area (Å²) < 4.78 is 19.5. The number of nitrogens with zero attached hydrogens (tertiary/aromatic N) is 1. The molecule has 34 heavy (non-hydrogen) atoms. The van der Waals surface area contributed by atoms with Gasteiger partial charge in [0, 0.05) is 23.6 Å². The predicted molar refractivity (Wildman–Crippen MR) is 128 cm³/mol. The molecule has 0 spiro atoms. The Labute approximate surface area is 202 Å². The van der Waals surface area contributed by atoms with Crippen molar-refractivity contribution in [3.8, 4) is 5.75 Å². The van der Waals surface area contributed by atoms with Crippen LogP contribution in [0.5, 0.6) is 5.75 Å². The predicted octanol–water partition coefficient (Wildman–Crippen LogP) is 5.44. The molecule has 1 aliphatic rings. The summed E-state index contributed by atoms with van der Waals surface area (Å²) in [7, 11) is 0. The van der Waals surface area contributed by atoms with Crippen molar-refractivity contribution < 1.29 is 23.8 Å². The second kappa shape index (κ2) is 10.7. The monoisotopic (exact) mass is 481 g/mol. The Balaban J connectivity index is 1.62. The largest absolute Gasteiger partial charge is 0.482 e. The molecule has 0 aromatic heterocycles. The molecule has 5 nitrogen and oxygen atoms in total. The number of carbonyl (C=O) groups excluding carboxylic acids is 1. The zero-order valence-corrected chi connectivity index (χ0v) is 19.3. The molecule has 4 rings (SSSR count). The van der Waals surface area contributed by atoms with E-state index in [-0.39, 0.29) is 18.1 Å². The molecular formula is C27H25ClFNO4. The fourth-order valence-electron chi connectivity index (χ4n) is 4.45. The van der Waals surface area contributed by atoms with Crippen LogP contribution in [0.15, 0.2) is 66.7 Å². The Hall–Kier alpha value is -3.38. The topological polar surface area (TPSA) is 66.8 Å². The summed E-state index contributed by atoms with van der Waals surface area (Å²) in [5.74, 6) is -1.04. The summed E-state index contributed by atoms with van der Waals surface area (Å²) >= 11 is 6.31. The van der Waals surface area contributed by atoms with Gasteiger partial charge in [0.2, 0.25) is 5.91 Å². The van der Waals surface area contributed by atoms with Crippen LogP contribution in [0, 0.1) is 5.82 Å². The van der Waals surface area contributed by atoms with Crippen LogP contribution < -0.4 is 4.74 Å². The highest BCUT2D eigenvalue weighted by Crippen LogP contribution is 2.40. The molecule has 1 amide bonds. The van der Waals surface area contributed by atoms with Crippen molar-refractivity contribution in [2.75, 3.05) is 13.2 Å². The first-order valence-corrected chi connectivity index (χ1v) is 11.6. The minimum atomic E-state index is -1.09. The van der Waals surface area contributed by atoms with E-state index in [1.165, 1.54) is 6.07 Å². The minimum Gasteiger partial charge on any atom is -0.482 e. The molecule has 0 fully saturated rings. The normalized spacial score (nSPS) is 15.0. The van der Waals surface area contributed by atoms with Gasteiger partial charge < -0.3 is 14.7 Å². The molecule has 0 radical (unpaired) electrons. The highest BCUT2D eigenvalue weighted by Gasteiger charge is 2.33. The van der Waals surface area contributed by atoms with Gasteiger partial charge in [-0.2, -0.15) is 0 Å². The molecule has 0 bridgehead atoms. The summed E-state index contributed by atoms with van der Waals surface area (Å²) in [6.07, 6.45) is 1.96. The molecule has 1 N–H and O–H groups in total. The van der Waals surface area contributed by atoms with Crippen LogP contribution in [-0.4, -0.2) is 35.0 Å². The van der Waals surface area contributed by atoms with Gasteiger partial charge >= 0.3 is 5.97 Å². The number of rotatable bonds is 8. The number of amides is 1. The van der Waals surface area contributed by atoms with E-state index in [1.54, 1.807) is 41.3 Å². The van der Waals surface area contributed by atoms with E-state index < -0.39 is 18.6 Å². The quantitative estimate of drug-likeness (QED) is 0.465. The number of hydrogen-bond acceptors (Lipinski definition) is 3. The van der Waals surface area contributed by atoms with Crippen LogP contribution in [0.2, 0.25) is 5.02 Å². The first-order chi connectivity index (χ1) is 16.4. The van der Waals surface area contributed by atoms with Gasteiger partial charge in [-0.3, -0.25) is 4.79 Å². The van der Waals surface area contributed by atoms with Crippen molar-refractivity contribution in [3.05, 3.63) is 99.8 Å². The highest BCUT2D eigenvalue weighted by atomic mass is 35.5.